The maximum atomic E-state index is 12.3. The van der Waals surface area contributed by atoms with Crippen LogP contribution in [0, 0.1) is 11.3 Å². The van der Waals surface area contributed by atoms with Gasteiger partial charge in [0.1, 0.15) is 23.1 Å². The number of carbonyl (C=O) groups is 1. The molecule has 5 nitrogen and oxygen atoms in total. The van der Waals surface area contributed by atoms with Crippen LogP contribution < -0.4 is 14.8 Å². The fourth-order valence-corrected chi connectivity index (χ4v) is 2.46. The Balaban J connectivity index is 2.31. The first-order valence-electron chi connectivity index (χ1n) is 7.08. The summed E-state index contributed by atoms with van der Waals surface area (Å²) in [6.07, 6.45) is 1.43. The molecule has 0 heterocycles. The molecule has 0 bridgehead atoms. The molecule has 0 fully saturated rings. The topological polar surface area (TPSA) is 71.3 Å². The molecule has 0 spiro atoms. The zero-order chi connectivity index (χ0) is 18.4. The lowest BCUT2D eigenvalue weighted by Gasteiger charge is -2.08. The van der Waals surface area contributed by atoms with Crippen LogP contribution >= 0.6 is 23.2 Å². The molecule has 0 saturated heterocycles. The average molecular weight is 377 g/mol. The molecule has 25 heavy (non-hydrogen) atoms. The zero-order valence-electron chi connectivity index (χ0n) is 13.5. The average Bonchev–Trinajstić information content (AvgIpc) is 2.61. The number of nitriles is 1. The van der Waals surface area contributed by atoms with E-state index >= 15 is 0 Å². The first kappa shape index (κ1) is 18.7. The fourth-order valence-electron chi connectivity index (χ4n) is 2.01. The number of hydrogen-bond donors (Lipinski definition) is 1. The normalized spacial score (nSPS) is 10.8. The number of halogens is 2. The summed E-state index contributed by atoms with van der Waals surface area (Å²) in [6.45, 7) is 0. The van der Waals surface area contributed by atoms with Gasteiger partial charge in [-0.25, -0.2) is 0 Å². The van der Waals surface area contributed by atoms with Crippen molar-refractivity contribution in [2.75, 3.05) is 19.5 Å². The number of nitrogens with one attached hydrogen (secondary N) is 1. The van der Waals surface area contributed by atoms with Gasteiger partial charge in [0.2, 0.25) is 0 Å². The molecule has 2 aromatic rings. The smallest absolute Gasteiger partial charge is 0.266 e. The molecule has 0 aliphatic rings. The number of methoxy groups -OCH3 is 2. The van der Waals surface area contributed by atoms with Crippen LogP contribution in [0.1, 0.15) is 5.56 Å². The SMILES string of the molecule is COc1cc(/C=C(\C#N)C(=O)Nc2ccc(Cl)cc2Cl)cc(OC)c1. The van der Waals surface area contributed by atoms with Crippen molar-refractivity contribution in [2.45, 2.75) is 0 Å². The minimum Gasteiger partial charge on any atom is -0.497 e. The van der Waals surface area contributed by atoms with Crippen LogP contribution in [0.25, 0.3) is 6.08 Å². The van der Waals surface area contributed by atoms with Crippen LogP contribution in [0.2, 0.25) is 10.0 Å². The molecule has 0 aliphatic heterocycles. The van der Waals surface area contributed by atoms with Gasteiger partial charge < -0.3 is 14.8 Å². The van der Waals surface area contributed by atoms with E-state index in [4.69, 9.17) is 32.7 Å². The summed E-state index contributed by atoms with van der Waals surface area (Å²) < 4.78 is 10.3. The largest absolute Gasteiger partial charge is 0.497 e. The molecule has 1 N–H and O–H groups in total. The number of benzene rings is 2. The number of ether oxygens (including phenoxy) is 2. The van der Waals surface area contributed by atoms with Crippen molar-refractivity contribution in [1.82, 2.24) is 0 Å². The second-order valence-electron chi connectivity index (χ2n) is 4.89. The molecule has 0 saturated carbocycles. The first-order valence-corrected chi connectivity index (χ1v) is 7.83. The number of amides is 1. The second-order valence-corrected chi connectivity index (χ2v) is 5.74. The number of anilines is 1. The van der Waals surface area contributed by atoms with Crippen LogP contribution in [-0.4, -0.2) is 20.1 Å². The van der Waals surface area contributed by atoms with E-state index in [-0.39, 0.29) is 10.6 Å². The van der Waals surface area contributed by atoms with Gasteiger partial charge in [0.25, 0.3) is 5.91 Å². The van der Waals surface area contributed by atoms with Gasteiger partial charge in [0.15, 0.2) is 0 Å². The van der Waals surface area contributed by atoms with E-state index in [1.54, 1.807) is 30.3 Å². The standard InChI is InChI=1S/C18H14Cl2N2O3/c1-24-14-6-11(7-15(9-14)25-2)5-12(10-21)18(23)22-17-4-3-13(19)8-16(17)20/h3-9H,1-2H3,(H,22,23)/b12-5+. The third-order valence-corrected chi connectivity index (χ3v) is 3.78. The lowest BCUT2D eigenvalue weighted by Crippen LogP contribution is -2.13. The summed E-state index contributed by atoms with van der Waals surface area (Å²) in [6, 6.07) is 11.6. The van der Waals surface area contributed by atoms with E-state index in [2.05, 4.69) is 5.32 Å². The van der Waals surface area contributed by atoms with Gasteiger partial charge in [-0.15, -0.1) is 0 Å². The van der Waals surface area contributed by atoms with E-state index in [0.29, 0.717) is 27.8 Å². The van der Waals surface area contributed by atoms with Gasteiger partial charge in [0.05, 0.1) is 24.9 Å². The molecule has 1 amide bonds. The van der Waals surface area contributed by atoms with Crippen molar-refractivity contribution >= 4 is 40.9 Å². The molecule has 2 aromatic carbocycles. The Morgan fingerprint density at radius 1 is 1.12 bits per heavy atom. The number of nitrogens with zero attached hydrogens (tertiary/aromatic N) is 1. The summed E-state index contributed by atoms with van der Waals surface area (Å²) in [5, 5.41) is 12.6. The molecule has 0 aromatic heterocycles. The molecule has 0 unspecified atom stereocenters. The van der Waals surface area contributed by atoms with Crippen LogP contribution in [0.15, 0.2) is 42.0 Å². The Bertz CT molecular complexity index is 851. The van der Waals surface area contributed by atoms with Crippen molar-refractivity contribution in [3.8, 4) is 17.6 Å². The van der Waals surface area contributed by atoms with Crippen molar-refractivity contribution < 1.29 is 14.3 Å². The molecule has 0 aliphatic carbocycles. The van der Waals surface area contributed by atoms with E-state index in [1.165, 1.54) is 26.4 Å². The van der Waals surface area contributed by atoms with Gasteiger partial charge in [0, 0.05) is 11.1 Å². The van der Waals surface area contributed by atoms with Crippen molar-refractivity contribution in [3.05, 3.63) is 57.6 Å². The Kier molecular flexibility index (Phi) is 6.29. The van der Waals surface area contributed by atoms with Gasteiger partial charge in [-0.3, -0.25) is 4.79 Å². The van der Waals surface area contributed by atoms with Crippen LogP contribution in [0.4, 0.5) is 5.69 Å². The van der Waals surface area contributed by atoms with Crippen molar-refractivity contribution in [3.63, 3.8) is 0 Å². The Hall–Kier alpha value is -2.68. The highest BCUT2D eigenvalue weighted by molar-refractivity contribution is 6.36. The summed E-state index contributed by atoms with van der Waals surface area (Å²) in [4.78, 5) is 12.3. The lowest BCUT2D eigenvalue weighted by atomic mass is 10.1. The molecule has 128 valence electrons. The first-order chi connectivity index (χ1) is 12.0. The quantitative estimate of drug-likeness (QED) is 0.613. The van der Waals surface area contributed by atoms with Gasteiger partial charge >= 0.3 is 0 Å². The van der Waals surface area contributed by atoms with E-state index < -0.39 is 5.91 Å². The Labute approximate surface area is 155 Å². The highest BCUT2D eigenvalue weighted by Gasteiger charge is 2.12. The summed E-state index contributed by atoms with van der Waals surface area (Å²) in [7, 11) is 3.03. The third-order valence-electron chi connectivity index (χ3n) is 3.23. The van der Waals surface area contributed by atoms with Crippen molar-refractivity contribution in [2.24, 2.45) is 0 Å². The van der Waals surface area contributed by atoms with E-state index in [0.717, 1.165) is 0 Å². The number of hydrogen-bond acceptors (Lipinski definition) is 4. The fraction of sp³-hybridized carbons (Fsp3) is 0.111. The predicted molar refractivity (Wildman–Crippen MR) is 98.2 cm³/mol. The predicted octanol–water partition coefficient (Wildman–Crippen LogP) is 4.56. The third kappa shape index (κ3) is 4.90. The van der Waals surface area contributed by atoms with E-state index in [9.17, 15) is 10.1 Å². The zero-order valence-corrected chi connectivity index (χ0v) is 15.0. The number of carbonyl (C=O) groups excluding carboxylic acids is 1. The minimum absolute atomic E-state index is 0.0960. The van der Waals surface area contributed by atoms with Crippen LogP contribution in [-0.2, 0) is 4.79 Å². The maximum absolute atomic E-state index is 12.3. The molecule has 7 heteroatoms. The molecule has 2 rings (SSSR count). The molecule has 0 atom stereocenters. The number of rotatable bonds is 5. The van der Waals surface area contributed by atoms with E-state index in [1.807, 2.05) is 6.07 Å². The highest BCUT2D eigenvalue weighted by Crippen LogP contribution is 2.27. The summed E-state index contributed by atoms with van der Waals surface area (Å²) in [5.74, 6) is 0.501. The maximum Gasteiger partial charge on any atom is 0.266 e. The molecular weight excluding hydrogens is 363 g/mol. The van der Waals surface area contributed by atoms with Crippen molar-refractivity contribution in [1.29, 1.82) is 5.26 Å². The monoisotopic (exact) mass is 376 g/mol. The van der Waals surface area contributed by atoms with Gasteiger partial charge in [-0.1, -0.05) is 23.2 Å². The minimum atomic E-state index is -0.589. The lowest BCUT2D eigenvalue weighted by molar-refractivity contribution is -0.112. The second kappa shape index (κ2) is 8.43. The highest BCUT2D eigenvalue weighted by atomic mass is 35.5. The summed E-state index contributed by atoms with van der Waals surface area (Å²) in [5.41, 5.74) is 0.854. The van der Waals surface area contributed by atoms with Gasteiger partial charge in [-0.05, 0) is 42.0 Å². The Morgan fingerprint density at radius 3 is 2.28 bits per heavy atom. The van der Waals surface area contributed by atoms with Gasteiger partial charge in [-0.2, -0.15) is 5.26 Å². The summed E-state index contributed by atoms with van der Waals surface area (Å²) >= 11 is 11.8. The van der Waals surface area contributed by atoms with Crippen LogP contribution in [0.3, 0.4) is 0 Å². The Morgan fingerprint density at radius 2 is 1.76 bits per heavy atom. The van der Waals surface area contributed by atoms with Crippen LogP contribution in [0.5, 0.6) is 11.5 Å². The molecular formula is C18H14Cl2N2O3. The molecule has 0 radical (unpaired) electrons.